The monoisotopic (exact) mass is 361 g/mol. The van der Waals surface area contributed by atoms with Crippen LogP contribution in [0, 0.1) is 0 Å². The molecule has 3 rings (SSSR count). The summed E-state index contributed by atoms with van der Waals surface area (Å²) in [6, 6.07) is 26.7. The molecule has 0 heterocycles. The maximum Gasteiger partial charge on any atom is 0.119 e. The number of ether oxygens (including phenoxy) is 2. The lowest BCUT2D eigenvalue weighted by atomic mass is 10.2. The fourth-order valence-electron chi connectivity index (χ4n) is 2.77. The molecule has 0 aromatic heterocycles. The molecular weight excluding hydrogens is 334 g/mol. The molecule has 3 aromatic carbocycles. The summed E-state index contributed by atoms with van der Waals surface area (Å²) < 4.78 is 11.5. The third kappa shape index (κ3) is 6.37. The topological polar surface area (TPSA) is 30.5 Å². The van der Waals surface area contributed by atoms with Gasteiger partial charge in [0.05, 0.1) is 13.2 Å². The van der Waals surface area contributed by atoms with Gasteiger partial charge in [-0.1, -0.05) is 49.4 Å². The molecule has 0 amide bonds. The second-order valence-corrected chi connectivity index (χ2v) is 6.46. The molecule has 0 radical (unpaired) electrons. The summed E-state index contributed by atoms with van der Waals surface area (Å²) in [6.45, 7) is 4.31. The summed E-state index contributed by atoms with van der Waals surface area (Å²) >= 11 is 0. The van der Waals surface area contributed by atoms with Crippen LogP contribution >= 0.6 is 0 Å². The van der Waals surface area contributed by atoms with Crippen LogP contribution in [-0.4, -0.2) is 13.2 Å². The van der Waals surface area contributed by atoms with Gasteiger partial charge in [-0.2, -0.15) is 0 Å². The SMILES string of the molecule is CCCOc1cccc(CNc2ccc(OCCc3ccccc3)cc2)c1. The summed E-state index contributed by atoms with van der Waals surface area (Å²) in [5.41, 5.74) is 3.57. The van der Waals surface area contributed by atoms with Gasteiger partial charge in [0.15, 0.2) is 0 Å². The Labute approximate surface area is 162 Å². The Morgan fingerprint density at radius 1 is 0.704 bits per heavy atom. The average molecular weight is 361 g/mol. The van der Waals surface area contributed by atoms with Crippen LogP contribution in [0.5, 0.6) is 11.5 Å². The van der Waals surface area contributed by atoms with Gasteiger partial charge in [-0.25, -0.2) is 0 Å². The smallest absolute Gasteiger partial charge is 0.119 e. The van der Waals surface area contributed by atoms with Crippen molar-refractivity contribution in [2.45, 2.75) is 26.3 Å². The summed E-state index contributed by atoms with van der Waals surface area (Å²) in [5, 5.41) is 3.44. The summed E-state index contributed by atoms with van der Waals surface area (Å²) in [4.78, 5) is 0. The van der Waals surface area contributed by atoms with Crippen LogP contribution < -0.4 is 14.8 Å². The molecule has 140 valence electrons. The minimum Gasteiger partial charge on any atom is -0.494 e. The predicted octanol–water partition coefficient (Wildman–Crippen LogP) is 5.71. The molecule has 0 aliphatic carbocycles. The molecule has 3 aromatic rings. The lowest BCUT2D eigenvalue weighted by molar-refractivity contribution is 0.317. The Hall–Kier alpha value is -2.94. The molecule has 0 saturated heterocycles. The minimum absolute atomic E-state index is 0.682. The highest BCUT2D eigenvalue weighted by Gasteiger charge is 1.99. The van der Waals surface area contributed by atoms with Crippen LogP contribution in [0.4, 0.5) is 5.69 Å². The van der Waals surface area contributed by atoms with E-state index >= 15 is 0 Å². The standard InChI is InChI=1S/C24H27NO2/c1-2-16-26-24-10-6-9-21(18-24)19-25-22-11-13-23(14-12-22)27-17-15-20-7-4-3-5-8-20/h3-14,18,25H,2,15-17,19H2,1H3. The van der Waals surface area contributed by atoms with E-state index in [0.717, 1.165) is 43.2 Å². The van der Waals surface area contributed by atoms with Crippen molar-refractivity contribution >= 4 is 5.69 Å². The molecule has 3 nitrogen and oxygen atoms in total. The highest BCUT2D eigenvalue weighted by molar-refractivity contribution is 5.47. The number of hydrogen-bond acceptors (Lipinski definition) is 3. The summed E-state index contributed by atoms with van der Waals surface area (Å²) in [5.74, 6) is 1.82. The average Bonchev–Trinajstić information content (AvgIpc) is 2.73. The maximum absolute atomic E-state index is 5.84. The number of rotatable bonds is 10. The van der Waals surface area contributed by atoms with Crippen LogP contribution in [0.3, 0.4) is 0 Å². The number of nitrogens with one attached hydrogen (secondary N) is 1. The predicted molar refractivity (Wildman–Crippen MR) is 112 cm³/mol. The number of benzene rings is 3. The number of hydrogen-bond donors (Lipinski definition) is 1. The summed E-state index contributed by atoms with van der Waals surface area (Å²) in [6.07, 6.45) is 1.93. The minimum atomic E-state index is 0.682. The van der Waals surface area contributed by atoms with Crippen LogP contribution in [0.25, 0.3) is 0 Å². The molecule has 0 aliphatic rings. The van der Waals surface area contributed by atoms with Crippen molar-refractivity contribution in [3.05, 3.63) is 90.0 Å². The van der Waals surface area contributed by atoms with Gasteiger partial charge in [-0.15, -0.1) is 0 Å². The normalized spacial score (nSPS) is 10.4. The van der Waals surface area contributed by atoms with Crippen molar-refractivity contribution < 1.29 is 9.47 Å². The van der Waals surface area contributed by atoms with E-state index in [-0.39, 0.29) is 0 Å². The van der Waals surface area contributed by atoms with Gasteiger partial charge in [-0.05, 0) is 53.9 Å². The first kappa shape index (κ1) is 18.8. The van der Waals surface area contributed by atoms with E-state index in [4.69, 9.17) is 9.47 Å². The molecule has 0 bridgehead atoms. The Balaban J connectivity index is 1.45. The van der Waals surface area contributed by atoms with Gasteiger partial charge >= 0.3 is 0 Å². The van der Waals surface area contributed by atoms with Crippen molar-refractivity contribution in [1.29, 1.82) is 0 Å². The largest absolute Gasteiger partial charge is 0.494 e. The first-order valence-corrected chi connectivity index (χ1v) is 9.56. The van der Waals surface area contributed by atoms with Crippen molar-refractivity contribution in [2.24, 2.45) is 0 Å². The quantitative estimate of drug-likeness (QED) is 0.502. The zero-order valence-electron chi connectivity index (χ0n) is 15.9. The van der Waals surface area contributed by atoms with Crippen molar-refractivity contribution in [2.75, 3.05) is 18.5 Å². The lowest BCUT2D eigenvalue weighted by Gasteiger charge is -2.10. The van der Waals surface area contributed by atoms with E-state index in [2.05, 4.69) is 60.8 Å². The maximum atomic E-state index is 5.84. The first-order valence-electron chi connectivity index (χ1n) is 9.56. The molecule has 0 spiro atoms. The third-order valence-electron chi connectivity index (χ3n) is 4.22. The number of anilines is 1. The first-order chi connectivity index (χ1) is 13.3. The van der Waals surface area contributed by atoms with Gasteiger partial charge in [-0.3, -0.25) is 0 Å². The third-order valence-corrected chi connectivity index (χ3v) is 4.22. The van der Waals surface area contributed by atoms with Gasteiger partial charge in [0.25, 0.3) is 0 Å². The molecule has 3 heteroatoms. The van der Waals surface area contributed by atoms with E-state index in [1.807, 2.05) is 30.3 Å². The van der Waals surface area contributed by atoms with E-state index < -0.39 is 0 Å². The van der Waals surface area contributed by atoms with Gasteiger partial charge in [0.2, 0.25) is 0 Å². The highest BCUT2D eigenvalue weighted by Crippen LogP contribution is 2.18. The van der Waals surface area contributed by atoms with Crippen molar-refractivity contribution in [3.63, 3.8) is 0 Å². The molecule has 0 fully saturated rings. The summed E-state index contributed by atoms with van der Waals surface area (Å²) in [7, 11) is 0. The Bertz CT molecular complexity index is 800. The molecule has 27 heavy (non-hydrogen) atoms. The molecule has 0 aliphatic heterocycles. The zero-order chi connectivity index (χ0) is 18.7. The molecule has 0 atom stereocenters. The van der Waals surface area contributed by atoms with Crippen molar-refractivity contribution in [1.82, 2.24) is 0 Å². The van der Waals surface area contributed by atoms with E-state index in [1.165, 1.54) is 11.1 Å². The second kappa shape index (κ2) is 10.3. The Kier molecular flexibility index (Phi) is 7.16. The van der Waals surface area contributed by atoms with Crippen LogP contribution in [0.2, 0.25) is 0 Å². The zero-order valence-corrected chi connectivity index (χ0v) is 15.9. The van der Waals surface area contributed by atoms with Gasteiger partial charge in [0.1, 0.15) is 11.5 Å². The van der Waals surface area contributed by atoms with Gasteiger partial charge in [0, 0.05) is 18.7 Å². The molecule has 0 unspecified atom stereocenters. The Morgan fingerprint density at radius 2 is 1.44 bits per heavy atom. The van der Waals surface area contributed by atoms with Crippen LogP contribution in [-0.2, 0) is 13.0 Å². The van der Waals surface area contributed by atoms with Gasteiger partial charge < -0.3 is 14.8 Å². The van der Waals surface area contributed by atoms with Crippen LogP contribution in [0.15, 0.2) is 78.9 Å². The van der Waals surface area contributed by atoms with Crippen LogP contribution in [0.1, 0.15) is 24.5 Å². The second-order valence-electron chi connectivity index (χ2n) is 6.46. The van der Waals surface area contributed by atoms with E-state index in [9.17, 15) is 0 Å². The molecular formula is C24H27NO2. The fraction of sp³-hybridized carbons (Fsp3) is 0.250. The molecule has 0 saturated carbocycles. The van der Waals surface area contributed by atoms with E-state index in [1.54, 1.807) is 0 Å². The highest BCUT2D eigenvalue weighted by atomic mass is 16.5. The van der Waals surface area contributed by atoms with E-state index in [0.29, 0.717) is 6.61 Å². The molecule has 1 N–H and O–H groups in total. The van der Waals surface area contributed by atoms with Crippen molar-refractivity contribution in [3.8, 4) is 11.5 Å². The Morgan fingerprint density at radius 3 is 2.22 bits per heavy atom. The fourth-order valence-corrected chi connectivity index (χ4v) is 2.77. The lowest BCUT2D eigenvalue weighted by Crippen LogP contribution is -2.02.